The molecule has 21 heavy (non-hydrogen) atoms. The van der Waals surface area contributed by atoms with Gasteiger partial charge in [-0.3, -0.25) is 4.79 Å². The number of benzene rings is 1. The third-order valence-electron chi connectivity index (χ3n) is 3.12. The molecule has 0 spiro atoms. The number of carboxylic acids is 1. The first-order chi connectivity index (χ1) is 10.1. The molecule has 4 nitrogen and oxygen atoms in total. The van der Waals surface area contributed by atoms with Gasteiger partial charge in [0.15, 0.2) is 0 Å². The van der Waals surface area contributed by atoms with Crippen LogP contribution in [0.2, 0.25) is 0 Å². The van der Waals surface area contributed by atoms with Crippen molar-refractivity contribution < 1.29 is 19.1 Å². The summed E-state index contributed by atoms with van der Waals surface area (Å²) in [6.07, 6.45) is 5.52. The summed E-state index contributed by atoms with van der Waals surface area (Å²) < 4.78 is 13.5. The van der Waals surface area contributed by atoms with Gasteiger partial charge in [-0.2, -0.15) is 0 Å². The van der Waals surface area contributed by atoms with E-state index in [2.05, 4.69) is 11.9 Å². The number of amides is 1. The van der Waals surface area contributed by atoms with Crippen molar-refractivity contribution in [2.24, 2.45) is 0 Å². The second-order valence-corrected chi connectivity index (χ2v) is 4.77. The van der Waals surface area contributed by atoms with Crippen molar-refractivity contribution in [3.63, 3.8) is 0 Å². The Morgan fingerprint density at radius 3 is 2.62 bits per heavy atom. The molecule has 0 aliphatic carbocycles. The van der Waals surface area contributed by atoms with Crippen molar-refractivity contribution in [2.75, 3.05) is 0 Å². The van der Waals surface area contributed by atoms with Crippen molar-refractivity contribution in [1.29, 1.82) is 0 Å². The second kappa shape index (κ2) is 8.89. The van der Waals surface area contributed by atoms with Gasteiger partial charge in [0, 0.05) is 0 Å². The van der Waals surface area contributed by atoms with E-state index in [0.717, 1.165) is 19.3 Å². The van der Waals surface area contributed by atoms with E-state index in [9.17, 15) is 14.0 Å². The first-order valence-corrected chi connectivity index (χ1v) is 6.95. The van der Waals surface area contributed by atoms with Crippen LogP contribution < -0.4 is 5.32 Å². The SMILES string of the molecule is C=CCCCCC[C@H](NC(=O)c1ccccc1F)C(=O)O. The van der Waals surface area contributed by atoms with Crippen LogP contribution in [0.15, 0.2) is 36.9 Å². The minimum absolute atomic E-state index is 0.143. The Morgan fingerprint density at radius 2 is 2.00 bits per heavy atom. The molecule has 1 atom stereocenters. The number of carbonyl (C=O) groups is 2. The lowest BCUT2D eigenvalue weighted by molar-refractivity contribution is -0.139. The van der Waals surface area contributed by atoms with E-state index in [1.165, 1.54) is 24.3 Å². The molecule has 0 saturated heterocycles. The van der Waals surface area contributed by atoms with E-state index in [4.69, 9.17) is 5.11 Å². The van der Waals surface area contributed by atoms with Gasteiger partial charge < -0.3 is 10.4 Å². The van der Waals surface area contributed by atoms with Crippen molar-refractivity contribution in [3.05, 3.63) is 48.3 Å². The predicted octanol–water partition coefficient (Wildman–Crippen LogP) is 3.15. The molecular weight excluding hydrogens is 273 g/mol. The summed E-state index contributed by atoms with van der Waals surface area (Å²) in [5.41, 5.74) is -0.143. The summed E-state index contributed by atoms with van der Waals surface area (Å²) in [4.78, 5) is 23.0. The molecule has 1 aromatic rings. The molecule has 0 unspecified atom stereocenters. The quantitative estimate of drug-likeness (QED) is 0.543. The van der Waals surface area contributed by atoms with Gasteiger partial charge in [0.2, 0.25) is 0 Å². The number of halogens is 1. The Bertz CT molecular complexity index is 502. The number of hydrogen-bond acceptors (Lipinski definition) is 2. The number of allylic oxidation sites excluding steroid dienone is 1. The maximum atomic E-state index is 13.5. The maximum absolute atomic E-state index is 13.5. The van der Waals surface area contributed by atoms with Crippen molar-refractivity contribution >= 4 is 11.9 Å². The Hall–Kier alpha value is -2.17. The average Bonchev–Trinajstić information content (AvgIpc) is 2.45. The number of carbonyl (C=O) groups excluding carboxylic acids is 1. The summed E-state index contributed by atoms with van der Waals surface area (Å²) in [6, 6.07) is 4.50. The van der Waals surface area contributed by atoms with Gasteiger partial charge in [0.25, 0.3) is 5.91 Å². The van der Waals surface area contributed by atoms with Crippen LogP contribution in [-0.4, -0.2) is 23.0 Å². The van der Waals surface area contributed by atoms with Crippen LogP contribution in [0.3, 0.4) is 0 Å². The zero-order valence-electron chi connectivity index (χ0n) is 11.8. The standard InChI is InChI=1S/C16H20FNO3/c1-2-3-4-5-6-11-14(16(20)21)18-15(19)12-9-7-8-10-13(12)17/h2,7-10,14H,1,3-6,11H2,(H,18,19)(H,20,21)/t14-/m0/s1. The minimum Gasteiger partial charge on any atom is -0.480 e. The van der Waals surface area contributed by atoms with E-state index in [1.54, 1.807) is 0 Å². The molecule has 1 rings (SSSR count). The normalized spacial score (nSPS) is 11.7. The van der Waals surface area contributed by atoms with Crippen molar-refractivity contribution in [3.8, 4) is 0 Å². The summed E-state index contributed by atoms with van der Waals surface area (Å²) in [6.45, 7) is 3.62. The lowest BCUT2D eigenvalue weighted by atomic mass is 10.1. The van der Waals surface area contributed by atoms with Gasteiger partial charge in [0.1, 0.15) is 11.9 Å². The molecule has 0 bridgehead atoms. The number of carboxylic acid groups (broad SMARTS) is 1. The van der Waals surface area contributed by atoms with Crippen molar-refractivity contribution in [2.45, 2.75) is 38.1 Å². The molecule has 0 fully saturated rings. The molecule has 0 aliphatic rings. The number of rotatable bonds is 9. The predicted molar refractivity (Wildman–Crippen MR) is 78.6 cm³/mol. The van der Waals surface area contributed by atoms with E-state index in [0.29, 0.717) is 12.8 Å². The summed E-state index contributed by atoms with van der Waals surface area (Å²) in [7, 11) is 0. The minimum atomic E-state index is -1.11. The molecule has 1 aromatic carbocycles. The molecule has 0 saturated carbocycles. The Morgan fingerprint density at radius 1 is 1.29 bits per heavy atom. The van der Waals surface area contributed by atoms with Gasteiger partial charge in [-0.25, -0.2) is 9.18 Å². The summed E-state index contributed by atoms with van der Waals surface area (Å²) in [5.74, 6) is -2.47. The van der Waals surface area contributed by atoms with E-state index in [-0.39, 0.29) is 5.56 Å². The van der Waals surface area contributed by atoms with Crippen LogP contribution in [0.4, 0.5) is 4.39 Å². The number of unbranched alkanes of at least 4 members (excludes halogenated alkanes) is 3. The smallest absolute Gasteiger partial charge is 0.326 e. The Kier molecular flexibility index (Phi) is 7.15. The fourth-order valence-corrected chi connectivity index (χ4v) is 1.95. The highest BCUT2D eigenvalue weighted by molar-refractivity contribution is 5.96. The highest BCUT2D eigenvalue weighted by Crippen LogP contribution is 2.10. The van der Waals surface area contributed by atoms with Gasteiger partial charge >= 0.3 is 5.97 Å². The van der Waals surface area contributed by atoms with Crippen LogP contribution in [0.25, 0.3) is 0 Å². The molecule has 0 radical (unpaired) electrons. The highest BCUT2D eigenvalue weighted by Gasteiger charge is 2.21. The average molecular weight is 293 g/mol. The molecule has 0 aliphatic heterocycles. The Balaban J connectivity index is 2.54. The van der Waals surface area contributed by atoms with E-state index >= 15 is 0 Å². The van der Waals surface area contributed by atoms with E-state index in [1.807, 2.05) is 6.08 Å². The molecule has 5 heteroatoms. The van der Waals surface area contributed by atoms with Gasteiger partial charge in [-0.05, 0) is 31.4 Å². The third kappa shape index (κ3) is 5.77. The highest BCUT2D eigenvalue weighted by atomic mass is 19.1. The topological polar surface area (TPSA) is 66.4 Å². The molecule has 1 amide bonds. The van der Waals surface area contributed by atoms with Gasteiger partial charge in [-0.15, -0.1) is 6.58 Å². The first-order valence-electron chi connectivity index (χ1n) is 6.95. The van der Waals surface area contributed by atoms with Crippen LogP contribution in [0.5, 0.6) is 0 Å². The monoisotopic (exact) mass is 293 g/mol. The van der Waals surface area contributed by atoms with Crippen LogP contribution in [0, 0.1) is 5.82 Å². The van der Waals surface area contributed by atoms with Crippen LogP contribution in [0.1, 0.15) is 42.5 Å². The van der Waals surface area contributed by atoms with Gasteiger partial charge in [-0.1, -0.05) is 31.1 Å². The molecule has 2 N–H and O–H groups in total. The first kappa shape index (κ1) is 16.9. The Labute approximate surface area is 123 Å². The number of hydrogen-bond donors (Lipinski definition) is 2. The van der Waals surface area contributed by atoms with E-state index < -0.39 is 23.7 Å². The largest absolute Gasteiger partial charge is 0.480 e. The van der Waals surface area contributed by atoms with Crippen molar-refractivity contribution in [1.82, 2.24) is 5.32 Å². The molecular formula is C16H20FNO3. The fraction of sp³-hybridized carbons (Fsp3) is 0.375. The number of aliphatic carboxylic acids is 1. The molecule has 0 heterocycles. The lowest BCUT2D eigenvalue weighted by Gasteiger charge is -2.14. The summed E-state index contributed by atoms with van der Waals surface area (Å²) >= 11 is 0. The third-order valence-corrected chi connectivity index (χ3v) is 3.12. The fourth-order valence-electron chi connectivity index (χ4n) is 1.95. The van der Waals surface area contributed by atoms with Gasteiger partial charge in [0.05, 0.1) is 5.56 Å². The molecule has 114 valence electrons. The zero-order chi connectivity index (χ0) is 15.7. The summed E-state index contributed by atoms with van der Waals surface area (Å²) in [5, 5.41) is 11.5. The maximum Gasteiger partial charge on any atom is 0.326 e. The zero-order valence-corrected chi connectivity index (χ0v) is 11.8. The number of nitrogens with one attached hydrogen (secondary N) is 1. The lowest BCUT2D eigenvalue weighted by Crippen LogP contribution is -2.41. The second-order valence-electron chi connectivity index (χ2n) is 4.77. The van der Waals surface area contributed by atoms with Crippen LogP contribution in [-0.2, 0) is 4.79 Å². The molecule has 0 aromatic heterocycles. The van der Waals surface area contributed by atoms with Crippen LogP contribution >= 0.6 is 0 Å².